The van der Waals surface area contributed by atoms with Gasteiger partial charge in [-0.2, -0.15) is 0 Å². The molecule has 140 valence electrons. The van der Waals surface area contributed by atoms with Gasteiger partial charge in [0.1, 0.15) is 16.5 Å². The largest absolute Gasteiger partial charge is 0.383 e. The molecule has 0 spiro atoms. The number of thiophene rings is 1. The Bertz CT molecular complexity index is 1030. The Hall–Kier alpha value is -2.19. The summed E-state index contributed by atoms with van der Waals surface area (Å²) < 4.78 is 13.6. The number of nitrogens with one attached hydrogen (secondary N) is 1. The van der Waals surface area contributed by atoms with Crippen LogP contribution >= 0.6 is 23.1 Å². The van der Waals surface area contributed by atoms with Crippen LogP contribution in [0.5, 0.6) is 0 Å². The van der Waals surface area contributed by atoms with Crippen molar-refractivity contribution in [2.24, 2.45) is 0 Å². The molecule has 0 saturated carbocycles. The van der Waals surface area contributed by atoms with Gasteiger partial charge >= 0.3 is 0 Å². The first-order valence-electron chi connectivity index (χ1n) is 8.78. The van der Waals surface area contributed by atoms with E-state index in [4.69, 9.17) is 5.73 Å². The average molecular weight is 403 g/mol. The van der Waals surface area contributed by atoms with Crippen LogP contribution in [0.1, 0.15) is 28.8 Å². The van der Waals surface area contributed by atoms with E-state index in [-0.39, 0.29) is 17.5 Å². The van der Waals surface area contributed by atoms with Crippen LogP contribution in [0.25, 0.3) is 10.2 Å². The van der Waals surface area contributed by atoms with Crippen LogP contribution in [0.3, 0.4) is 0 Å². The lowest BCUT2D eigenvalue weighted by Gasteiger charge is -2.10. The van der Waals surface area contributed by atoms with Crippen molar-refractivity contribution in [2.75, 3.05) is 16.8 Å². The summed E-state index contributed by atoms with van der Waals surface area (Å²) in [5.41, 5.74) is 8.46. The Morgan fingerprint density at radius 2 is 2.15 bits per heavy atom. The molecule has 0 bridgehead atoms. The highest BCUT2D eigenvalue weighted by Gasteiger charge is 2.20. The zero-order valence-electron chi connectivity index (χ0n) is 14.8. The molecule has 0 radical (unpaired) electrons. The number of halogens is 1. The molecule has 8 heteroatoms. The molecule has 1 aliphatic carbocycles. The lowest BCUT2D eigenvalue weighted by Crippen LogP contribution is -2.14. The molecule has 5 nitrogen and oxygen atoms in total. The minimum Gasteiger partial charge on any atom is -0.383 e. The van der Waals surface area contributed by atoms with E-state index in [1.54, 1.807) is 30.4 Å². The maximum Gasteiger partial charge on any atom is 0.234 e. The van der Waals surface area contributed by atoms with Crippen LogP contribution in [0.2, 0.25) is 0 Å². The third-order valence-corrected chi connectivity index (χ3v) is 6.64. The average Bonchev–Trinajstić information content (AvgIpc) is 3.02. The highest BCUT2D eigenvalue weighted by Crippen LogP contribution is 2.38. The molecule has 4 rings (SSSR count). The summed E-state index contributed by atoms with van der Waals surface area (Å²) in [7, 11) is 0. The first-order valence-corrected chi connectivity index (χ1v) is 10.6. The summed E-state index contributed by atoms with van der Waals surface area (Å²) in [5, 5.41) is 4.16. The van der Waals surface area contributed by atoms with Gasteiger partial charge in [0.2, 0.25) is 5.91 Å². The molecule has 0 aliphatic heterocycles. The van der Waals surface area contributed by atoms with E-state index in [0.717, 1.165) is 23.1 Å². The van der Waals surface area contributed by atoms with E-state index >= 15 is 0 Å². The fourth-order valence-corrected chi connectivity index (χ4v) is 5.21. The maximum atomic E-state index is 13.6. The zero-order valence-corrected chi connectivity index (χ0v) is 16.5. The highest BCUT2D eigenvalue weighted by molar-refractivity contribution is 7.99. The van der Waals surface area contributed by atoms with Gasteiger partial charge in [0.15, 0.2) is 5.16 Å². The Balaban J connectivity index is 1.47. The molecule has 0 atom stereocenters. The SMILES string of the molecule is Cc1ccc(NC(=O)CSc2nc(N)c3c4c(sc3n2)CCCC4)cc1F. The molecule has 2 heterocycles. The first kappa shape index (κ1) is 18.2. The molecule has 0 saturated heterocycles. The van der Waals surface area contributed by atoms with E-state index in [1.807, 2.05) is 0 Å². The quantitative estimate of drug-likeness (QED) is 0.501. The van der Waals surface area contributed by atoms with E-state index in [2.05, 4.69) is 15.3 Å². The lowest BCUT2D eigenvalue weighted by molar-refractivity contribution is -0.113. The van der Waals surface area contributed by atoms with Gasteiger partial charge in [-0.3, -0.25) is 4.79 Å². The standard InChI is InChI=1S/C19H19FN4OS2/c1-10-6-7-11(8-13(10)20)22-15(25)9-26-19-23-17(21)16-12-4-2-3-5-14(12)27-18(16)24-19/h6-8H,2-5,9H2,1H3,(H,22,25)(H2,21,23,24). The van der Waals surface area contributed by atoms with Gasteiger partial charge in [0.25, 0.3) is 0 Å². The second kappa shape index (κ2) is 7.44. The number of aryl methyl sites for hydroxylation is 3. The van der Waals surface area contributed by atoms with Gasteiger partial charge in [0.05, 0.1) is 11.1 Å². The number of aromatic nitrogens is 2. The summed E-state index contributed by atoms with van der Waals surface area (Å²) in [6.45, 7) is 1.68. The smallest absolute Gasteiger partial charge is 0.234 e. The third kappa shape index (κ3) is 3.77. The summed E-state index contributed by atoms with van der Waals surface area (Å²) >= 11 is 2.91. The van der Waals surface area contributed by atoms with Crippen molar-refractivity contribution < 1.29 is 9.18 Å². The van der Waals surface area contributed by atoms with Crippen molar-refractivity contribution in [1.82, 2.24) is 9.97 Å². The Labute approximate surface area is 164 Å². The normalized spacial score (nSPS) is 13.6. The number of hydrogen-bond donors (Lipinski definition) is 2. The molecule has 0 fully saturated rings. The molecule has 1 aliphatic rings. The van der Waals surface area contributed by atoms with Crippen molar-refractivity contribution >= 4 is 50.7 Å². The van der Waals surface area contributed by atoms with Gasteiger partial charge in [-0.25, -0.2) is 14.4 Å². The molecule has 0 unspecified atom stereocenters. The van der Waals surface area contributed by atoms with E-state index in [1.165, 1.54) is 41.1 Å². The predicted octanol–water partition coefficient (Wildman–Crippen LogP) is 4.33. The number of anilines is 2. The number of hydrogen-bond acceptors (Lipinski definition) is 6. The lowest BCUT2D eigenvalue weighted by atomic mass is 9.97. The molecule has 2 aromatic heterocycles. The number of nitrogens with two attached hydrogens (primary N) is 1. The topological polar surface area (TPSA) is 80.9 Å². The van der Waals surface area contributed by atoms with Crippen LogP contribution in [-0.2, 0) is 17.6 Å². The summed E-state index contributed by atoms with van der Waals surface area (Å²) in [5.74, 6) is 0.0357. The Morgan fingerprint density at radius 3 is 2.96 bits per heavy atom. The van der Waals surface area contributed by atoms with Crippen LogP contribution in [0.4, 0.5) is 15.9 Å². The fourth-order valence-electron chi connectivity index (χ4n) is 3.23. The van der Waals surface area contributed by atoms with Gasteiger partial charge in [0, 0.05) is 10.6 Å². The number of amides is 1. The number of thioether (sulfide) groups is 1. The zero-order chi connectivity index (χ0) is 19.0. The molecular weight excluding hydrogens is 383 g/mol. The van der Waals surface area contributed by atoms with Crippen LogP contribution in [-0.4, -0.2) is 21.6 Å². The molecular formula is C19H19FN4OS2. The fraction of sp³-hybridized carbons (Fsp3) is 0.316. The Kier molecular flexibility index (Phi) is 5.01. The van der Waals surface area contributed by atoms with Crippen LogP contribution < -0.4 is 11.1 Å². The van der Waals surface area contributed by atoms with Crippen LogP contribution in [0, 0.1) is 12.7 Å². The second-order valence-corrected chi connectivity index (χ2v) is 8.61. The third-order valence-electron chi connectivity index (χ3n) is 4.61. The predicted molar refractivity (Wildman–Crippen MR) is 109 cm³/mol. The van der Waals surface area contributed by atoms with E-state index in [9.17, 15) is 9.18 Å². The molecule has 3 aromatic rings. The molecule has 1 amide bonds. The number of nitrogens with zero attached hydrogens (tertiary/aromatic N) is 2. The van der Waals surface area contributed by atoms with Gasteiger partial charge in [-0.05, 0) is 55.9 Å². The molecule has 27 heavy (non-hydrogen) atoms. The number of benzene rings is 1. The Morgan fingerprint density at radius 1 is 1.33 bits per heavy atom. The van der Waals surface area contributed by atoms with Gasteiger partial charge < -0.3 is 11.1 Å². The van der Waals surface area contributed by atoms with Crippen molar-refractivity contribution in [3.8, 4) is 0 Å². The van der Waals surface area contributed by atoms with Crippen LogP contribution in [0.15, 0.2) is 23.4 Å². The summed E-state index contributed by atoms with van der Waals surface area (Å²) in [6.07, 6.45) is 4.49. The number of rotatable bonds is 4. The number of fused-ring (bicyclic) bond motifs is 3. The maximum absolute atomic E-state index is 13.6. The van der Waals surface area contributed by atoms with Gasteiger partial charge in [-0.15, -0.1) is 11.3 Å². The highest BCUT2D eigenvalue weighted by atomic mass is 32.2. The molecule has 1 aromatic carbocycles. The minimum absolute atomic E-state index is 0.130. The monoisotopic (exact) mass is 402 g/mol. The van der Waals surface area contributed by atoms with Crippen molar-refractivity contribution in [1.29, 1.82) is 0 Å². The van der Waals surface area contributed by atoms with Gasteiger partial charge in [-0.1, -0.05) is 17.8 Å². The number of carbonyl (C=O) groups excluding carboxylic acids is 1. The summed E-state index contributed by atoms with van der Waals surface area (Å²) in [4.78, 5) is 23.4. The molecule has 3 N–H and O–H groups in total. The van der Waals surface area contributed by atoms with E-state index in [0.29, 0.717) is 22.2 Å². The minimum atomic E-state index is -0.344. The van der Waals surface area contributed by atoms with Crippen molar-refractivity contribution in [2.45, 2.75) is 37.8 Å². The number of nitrogen functional groups attached to an aromatic ring is 1. The van der Waals surface area contributed by atoms with Crippen molar-refractivity contribution in [3.05, 3.63) is 40.0 Å². The van der Waals surface area contributed by atoms with Crippen molar-refractivity contribution in [3.63, 3.8) is 0 Å². The summed E-state index contributed by atoms with van der Waals surface area (Å²) in [6, 6.07) is 4.63. The van der Waals surface area contributed by atoms with E-state index < -0.39 is 0 Å². The first-order chi connectivity index (χ1) is 13.0. The second-order valence-electron chi connectivity index (χ2n) is 6.58. The number of carbonyl (C=O) groups is 1.